The van der Waals surface area contributed by atoms with Crippen LogP contribution in [0.1, 0.15) is 29.2 Å². The Balaban J connectivity index is 1.12. The highest BCUT2D eigenvalue weighted by molar-refractivity contribution is 5.93. The van der Waals surface area contributed by atoms with Gasteiger partial charge in [0.1, 0.15) is 18.2 Å². The number of imidazole rings is 1. The summed E-state index contributed by atoms with van der Waals surface area (Å²) in [7, 11) is 0. The number of hydrogen-bond acceptors (Lipinski definition) is 5. The van der Waals surface area contributed by atoms with Crippen molar-refractivity contribution in [2.45, 2.75) is 26.0 Å². The van der Waals surface area contributed by atoms with Gasteiger partial charge in [-0.15, -0.1) is 0 Å². The maximum Gasteiger partial charge on any atom is 0.276 e. The number of para-hydroxylation sites is 3. The van der Waals surface area contributed by atoms with E-state index in [-0.39, 0.29) is 5.91 Å². The Morgan fingerprint density at radius 2 is 1.62 bits per heavy atom. The number of carbonyl (C=O) groups is 1. The first-order valence-corrected chi connectivity index (χ1v) is 12.7. The molecule has 1 saturated heterocycles. The predicted molar refractivity (Wildman–Crippen MR) is 141 cm³/mol. The summed E-state index contributed by atoms with van der Waals surface area (Å²) >= 11 is 0. The molecule has 0 spiro atoms. The third-order valence-corrected chi connectivity index (χ3v) is 6.97. The second-order valence-electron chi connectivity index (χ2n) is 9.41. The molecule has 0 radical (unpaired) electrons. The molecule has 2 aromatic heterocycles. The lowest BCUT2D eigenvalue weighted by atomic mass is 9.96. The Kier molecular flexibility index (Phi) is 6.42. The van der Waals surface area contributed by atoms with Gasteiger partial charge in [-0.05, 0) is 43.0 Å². The van der Waals surface area contributed by atoms with Crippen LogP contribution in [0.4, 0.5) is 0 Å². The van der Waals surface area contributed by atoms with E-state index in [4.69, 9.17) is 14.2 Å². The summed E-state index contributed by atoms with van der Waals surface area (Å²) in [5.41, 5.74) is 3.36. The fourth-order valence-corrected chi connectivity index (χ4v) is 4.96. The van der Waals surface area contributed by atoms with Crippen molar-refractivity contribution in [1.29, 1.82) is 0 Å². The van der Waals surface area contributed by atoms with E-state index in [1.54, 1.807) is 6.07 Å². The van der Waals surface area contributed by atoms with Crippen LogP contribution in [0.25, 0.3) is 22.4 Å². The monoisotopic (exact) mass is 492 g/mol. The molecule has 3 aromatic carbocycles. The molecular formula is C30H28N4O3. The normalized spacial score (nSPS) is 14.2. The third kappa shape index (κ3) is 4.98. The number of rotatable bonds is 7. The van der Waals surface area contributed by atoms with Crippen LogP contribution < -0.4 is 4.74 Å². The van der Waals surface area contributed by atoms with Gasteiger partial charge in [0.2, 0.25) is 0 Å². The molecule has 3 heterocycles. The molecule has 1 aliphatic rings. The third-order valence-electron chi connectivity index (χ3n) is 6.97. The molecule has 5 aromatic rings. The number of ether oxygens (including phenoxy) is 1. The summed E-state index contributed by atoms with van der Waals surface area (Å²) in [6, 6.07) is 29.5. The topological polar surface area (TPSA) is 73.4 Å². The van der Waals surface area contributed by atoms with Crippen molar-refractivity contribution in [1.82, 2.24) is 19.6 Å². The SMILES string of the molecule is O=C(c1cc(-c2ccccc2)on1)N1CCC(Cn2c(COc3ccccc3)nc3ccccc32)CC1. The summed E-state index contributed by atoms with van der Waals surface area (Å²) in [4.78, 5) is 19.8. The molecule has 0 unspecified atom stereocenters. The van der Waals surface area contributed by atoms with Crippen LogP contribution >= 0.6 is 0 Å². The number of hydrogen-bond donors (Lipinski definition) is 0. The number of carbonyl (C=O) groups excluding carboxylic acids is 1. The highest BCUT2D eigenvalue weighted by Gasteiger charge is 2.27. The van der Waals surface area contributed by atoms with Crippen molar-refractivity contribution in [3.63, 3.8) is 0 Å². The van der Waals surface area contributed by atoms with Crippen molar-refractivity contribution in [2.24, 2.45) is 5.92 Å². The smallest absolute Gasteiger partial charge is 0.276 e. The Hall–Kier alpha value is -4.39. The Morgan fingerprint density at radius 3 is 2.41 bits per heavy atom. The van der Waals surface area contributed by atoms with E-state index in [1.165, 1.54) is 0 Å². The fraction of sp³-hybridized carbons (Fsp3) is 0.233. The zero-order valence-corrected chi connectivity index (χ0v) is 20.5. The minimum atomic E-state index is -0.0746. The number of amides is 1. The van der Waals surface area contributed by atoms with Gasteiger partial charge in [0.05, 0.1) is 11.0 Å². The number of fused-ring (bicyclic) bond motifs is 1. The zero-order valence-electron chi connectivity index (χ0n) is 20.5. The molecular weight excluding hydrogens is 464 g/mol. The average Bonchev–Trinajstić information content (AvgIpc) is 3.59. The van der Waals surface area contributed by atoms with Crippen LogP contribution in [-0.2, 0) is 13.2 Å². The molecule has 186 valence electrons. The van der Waals surface area contributed by atoms with E-state index in [9.17, 15) is 4.79 Å². The Morgan fingerprint density at radius 1 is 0.919 bits per heavy atom. The Bertz CT molecular complexity index is 1490. The van der Waals surface area contributed by atoms with Crippen molar-refractivity contribution in [3.8, 4) is 17.1 Å². The summed E-state index contributed by atoms with van der Waals surface area (Å²) in [5.74, 6) is 2.72. The van der Waals surface area contributed by atoms with Crippen molar-refractivity contribution in [2.75, 3.05) is 13.1 Å². The summed E-state index contributed by atoms with van der Waals surface area (Å²) in [6.45, 7) is 2.64. The van der Waals surface area contributed by atoms with Gasteiger partial charge in [-0.3, -0.25) is 4.79 Å². The summed E-state index contributed by atoms with van der Waals surface area (Å²) in [5, 5.41) is 4.05. The van der Waals surface area contributed by atoms with E-state index in [1.807, 2.05) is 83.8 Å². The first-order chi connectivity index (χ1) is 18.2. The average molecular weight is 493 g/mol. The summed E-state index contributed by atoms with van der Waals surface area (Å²) in [6.07, 6.45) is 1.83. The fourth-order valence-electron chi connectivity index (χ4n) is 4.96. The Labute approximate surface area is 215 Å². The molecule has 0 bridgehead atoms. The van der Waals surface area contributed by atoms with E-state index >= 15 is 0 Å². The molecule has 1 aliphatic heterocycles. The minimum absolute atomic E-state index is 0.0746. The van der Waals surface area contributed by atoms with Crippen LogP contribution in [0, 0.1) is 5.92 Å². The first kappa shape index (κ1) is 23.0. The lowest BCUT2D eigenvalue weighted by Gasteiger charge is -2.32. The highest BCUT2D eigenvalue weighted by Crippen LogP contribution is 2.26. The van der Waals surface area contributed by atoms with Crippen LogP contribution in [0.15, 0.2) is 95.5 Å². The van der Waals surface area contributed by atoms with E-state index in [0.29, 0.717) is 37.1 Å². The summed E-state index contributed by atoms with van der Waals surface area (Å²) < 4.78 is 13.8. The zero-order chi connectivity index (χ0) is 25.0. The standard InChI is InChI=1S/C30H28N4O3/c35-30(26-19-28(37-32-26)23-9-3-1-4-10-23)33-17-15-22(16-18-33)20-34-27-14-8-7-13-25(27)31-29(34)21-36-24-11-5-2-6-12-24/h1-14,19,22H,15-18,20-21H2. The number of nitrogens with zero attached hydrogens (tertiary/aromatic N) is 4. The van der Waals surface area contributed by atoms with Crippen molar-refractivity contribution >= 4 is 16.9 Å². The molecule has 7 heteroatoms. The molecule has 6 rings (SSSR count). The van der Waals surface area contributed by atoms with Gasteiger partial charge >= 0.3 is 0 Å². The van der Waals surface area contributed by atoms with Gasteiger partial charge in [-0.25, -0.2) is 4.98 Å². The van der Waals surface area contributed by atoms with Crippen LogP contribution in [-0.4, -0.2) is 38.6 Å². The highest BCUT2D eigenvalue weighted by atomic mass is 16.5. The number of benzene rings is 3. The van der Waals surface area contributed by atoms with Crippen LogP contribution in [0.5, 0.6) is 5.75 Å². The van der Waals surface area contributed by atoms with Crippen molar-refractivity contribution in [3.05, 3.63) is 103 Å². The molecule has 0 atom stereocenters. The van der Waals surface area contributed by atoms with E-state index in [0.717, 1.165) is 47.6 Å². The minimum Gasteiger partial charge on any atom is -0.486 e. The lowest BCUT2D eigenvalue weighted by Crippen LogP contribution is -2.39. The first-order valence-electron chi connectivity index (χ1n) is 12.7. The van der Waals surface area contributed by atoms with E-state index < -0.39 is 0 Å². The van der Waals surface area contributed by atoms with Gasteiger partial charge in [-0.1, -0.05) is 65.8 Å². The molecule has 1 fully saturated rings. The van der Waals surface area contributed by atoms with Gasteiger partial charge < -0.3 is 18.7 Å². The molecule has 0 saturated carbocycles. The second-order valence-corrected chi connectivity index (χ2v) is 9.41. The number of likely N-dealkylation sites (tertiary alicyclic amines) is 1. The maximum atomic E-state index is 13.1. The number of aromatic nitrogens is 3. The quantitative estimate of drug-likeness (QED) is 0.286. The number of piperidine rings is 1. The molecule has 1 amide bonds. The molecule has 0 aliphatic carbocycles. The predicted octanol–water partition coefficient (Wildman–Crippen LogP) is 5.82. The van der Waals surface area contributed by atoms with Crippen molar-refractivity contribution < 1.29 is 14.1 Å². The molecule has 0 N–H and O–H groups in total. The second kappa shape index (κ2) is 10.3. The van der Waals surface area contributed by atoms with Crippen LogP contribution in [0.3, 0.4) is 0 Å². The molecule has 7 nitrogen and oxygen atoms in total. The van der Waals surface area contributed by atoms with Gasteiger partial charge in [0, 0.05) is 31.3 Å². The van der Waals surface area contributed by atoms with Crippen LogP contribution in [0.2, 0.25) is 0 Å². The van der Waals surface area contributed by atoms with Gasteiger partial charge in [0.15, 0.2) is 11.5 Å². The largest absolute Gasteiger partial charge is 0.486 e. The lowest BCUT2D eigenvalue weighted by molar-refractivity contribution is 0.0672. The van der Waals surface area contributed by atoms with Gasteiger partial charge in [-0.2, -0.15) is 0 Å². The van der Waals surface area contributed by atoms with E-state index in [2.05, 4.69) is 15.8 Å². The molecule has 37 heavy (non-hydrogen) atoms. The maximum absolute atomic E-state index is 13.1. The van der Waals surface area contributed by atoms with Gasteiger partial charge in [0.25, 0.3) is 5.91 Å².